The Morgan fingerprint density at radius 1 is 1.19 bits per heavy atom. The van der Waals surface area contributed by atoms with Crippen LogP contribution < -0.4 is 0 Å². The Labute approximate surface area is 124 Å². The number of aromatic nitrogens is 2. The molecule has 6 heteroatoms. The number of piperazine rings is 3. The van der Waals surface area contributed by atoms with E-state index >= 15 is 0 Å². The molecule has 3 saturated heterocycles. The fourth-order valence-corrected chi connectivity index (χ4v) is 3.88. The Bertz CT molecular complexity index is 515. The lowest BCUT2D eigenvalue weighted by atomic mass is 10.0. The third-order valence-corrected chi connectivity index (χ3v) is 5.20. The van der Waals surface area contributed by atoms with Gasteiger partial charge in [0.1, 0.15) is 5.78 Å². The van der Waals surface area contributed by atoms with Crippen LogP contribution in [-0.4, -0.2) is 58.4 Å². The summed E-state index contributed by atoms with van der Waals surface area (Å²) in [6, 6.07) is 0.242. The van der Waals surface area contributed by atoms with Crippen LogP contribution in [0.3, 0.4) is 0 Å². The molecule has 3 aliphatic heterocycles. The molecule has 1 atom stereocenters. The number of carbonyl (C=O) groups excluding carboxylic acids is 1. The first-order chi connectivity index (χ1) is 10.3. The molecule has 1 aromatic rings. The molecule has 2 bridgehead atoms. The first-order valence-corrected chi connectivity index (χ1v) is 8.11. The predicted octanol–water partition coefficient (Wildman–Crippen LogP) is 1.04. The van der Waals surface area contributed by atoms with Crippen molar-refractivity contribution in [3.05, 3.63) is 11.7 Å². The summed E-state index contributed by atoms with van der Waals surface area (Å²) in [6.45, 7) is 5.42. The van der Waals surface area contributed by atoms with Crippen LogP contribution >= 0.6 is 0 Å². The van der Waals surface area contributed by atoms with E-state index in [-0.39, 0.29) is 17.7 Å². The van der Waals surface area contributed by atoms with Gasteiger partial charge in [-0.05, 0) is 12.8 Å². The molecule has 6 nitrogen and oxygen atoms in total. The SMILES string of the molecule is O=C(Cc1nc(C2CN3CCN2CC3)no1)C1CCCC1. The molecule has 1 saturated carbocycles. The number of ketones is 1. The Balaban J connectivity index is 1.42. The van der Waals surface area contributed by atoms with Crippen LogP contribution in [0.5, 0.6) is 0 Å². The van der Waals surface area contributed by atoms with Crippen molar-refractivity contribution in [2.75, 3.05) is 32.7 Å². The molecule has 5 rings (SSSR count). The Kier molecular flexibility index (Phi) is 3.51. The normalized spacial score (nSPS) is 32.7. The smallest absolute Gasteiger partial charge is 0.234 e. The van der Waals surface area contributed by atoms with E-state index in [4.69, 9.17) is 4.52 Å². The van der Waals surface area contributed by atoms with E-state index in [2.05, 4.69) is 19.9 Å². The van der Waals surface area contributed by atoms with Gasteiger partial charge in [0.15, 0.2) is 5.82 Å². The highest BCUT2D eigenvalue weighted by Gasteiger charge is 2.35. The number of hydrogen-bond acceptors (Lipinski definition) is 6. The van der Waals surface area contributed by atoms with Crippen molar-refractivity contribution in [2.45, 2.75) is 38.1 Å². The minimum atomic E-state index is 0.223. The van der Waals surface area contributed by atoms with Crippen molar-refractivity contribution in [1.82, 2.24) is 19.9 Å². The summed E-state index contributed by atoms with van der Waals surface area (Å²) in [7, 11) is 0. The third kappa shape index (κ3) is 2.62. The number of hydrogen-bond donors (Lipinski definition) is 0. The van der Waals surface area contributed by atoms with E-state index in [1.54, 1.807) is 0 Å². The highest BCUT2D eigenvalue weighted by molar-refractivity contribution is 5.82. The standard InChI is InChI=1S/C15H22N4O2/c20-13(11-3-1-2-4-11)9-14-16-15(17-21-14)12-10-18-5-7-19(12)8-6-18/h11-12H,1-10H2. The molecule has 0 radical (unpaired) electrons. The maximum absolute atomic E-state index is 12.2. The number of Topliss-reactive ketones (excluding diaryl/α,β-unsaturated/α-hetero) is 1. The molecule has 0 N–H and O–H groups in total. The summed E-state index contributed by atoms with van der Waals surface area (Å²) >= 11 is 0. The van der Waals surface area contributed by atoms with Crippen LogP contribution in [0.25, 0.3) is 0 Å². The topological polar surface area (TPSA) is 62.5 Å². The maximum atomic E-state index is 12.2. The second kappa shape index (κ2) is 5.50. The van der Waals surface area contributed by atoms with E-state index in [1.165, 1.54) is 12.8 Å². The summed E-state index contributed by atoms with van der Waals surface area (Å²) < 4.78 is 5.33. The minimum absolute atomic E-state index is 0.223. The summed E-state index contributed by atoms with van der Waals surface area (Å²) in [4.78, 5) is 21.6. The third-order valence-electron chi connectivity index (χ3n) is 5.20. The predicted molar refractivity (Wildman–Crippen MR) is 75.7 cm³/mol. The van der Waals surface area contributed by atoms with Gasteiger partial charge in [-0.2, -0.15) is 4.98 Å². The van der Waals surface area contributed by atoms with Crippen LogP contribution in [0.15, 0.2) is 4.52 Å². The van der Waals surface area contributed by atoms with Crippen LogP contribution in [0.4, 0.5) is 0 Å². The largest absolute Gasteiger partial charge is 0.339 e. The van der Waals surface area contributed by atoms with Crippen molar-refractivity contribution in [3.63, 3.8) is 0 Å². The monoisotopic (exact) mass is 290 g/mol. The van der Waals surface area contributed by atoms with Gasteiger partial charge < -0.3 is 4.52 Å². The lowest BCUT2D eigenvalue weighted by molar-refractivity contribution is -0.122. The lowest BCUT2D eigenvalue weighted by Crippen LogP contribution is -2.57. The molecule has 0 amide bonds. The molecular weight excluding hydrogens is 268 g/mol. The van der Waals surface area contributed by atoms with Gasteiger partial charge in [-0.1, -0.05) is 18.0 Å². The molecule has 0 aromatic carbocycles. The van der Waals surface area contributed by atoms with Gasteiger partial charge in [0, 0.05) is 38.6 Å². The molecule has 4 fully saturated rings. The fraction of sp³-hybridized carbons (Fsp3) is 0.800. The number of nitrogens with zero attached hydrogens (tertiary/aromatic N) is 4. The zero-order valence-corrected chi connectivity index (χ0v) is 12.3. The summed E-state index contributed by atoms with van der Waals surface area (Å²) in [5.41, 5.74) is 0. The Hall–Kier alpha value is -1.27. The molecule has 0 spiro atoms. The van der Waals surface area contributed by atoms with Crippen LogP contribution in [0, 0.1) is 5.92 Å². The molecule has 4 heterocycles. The first-order valence-electron chi connectivity index (χ1n) is 8.11. The Morgan fingerprint density at radius 2 is 1.95 bits per heavy atom. The molecule has 4 aliphatic rings. The number of fused-ring (bicyclic) bond motifs is 3. The highest BCUT2D eigenvalue weighted by Crippen LogP contribution is 2.28. The van der Waals surface area contributed by atoms with Gasteiger partial charge >= 0.3 is 0 Å². The van der Waals surface area contributed by atoms with Crippen LogP contribution in [-0.2, 0) is 11.2 Å². The first kappa shape index (κ1) is 13.4. The number of carbonyl (C=O) groups is 1. The van der Waals surface area contributed by atoms with Crippen LogP contribution in [0.2, 0.25) is 0 Å². The van der Waals surface area contributed by atoms with Gasteiger partial charge in [0.25, 0.3) is 0 Å². The highest BCUT2D eigenvalue weighted by atomic mass is 16.5. The average Bonchev–Trinajstić information content (AvgIpc) is 3.20. The van der Waals surface area contributed by atoms with Gasteiger partial charge in [-0.15, -0.1) is 0 Å². The molecule has 114 valence electrons. The van der Waals surface area contributed by atoms with Crippen molar-refractivity contribution < 1.29 is 9.32 Å². The van der Waals surface area contributed by atoms with E-state index in [0.29, 0.717) is 12.3 Å². The van der Waals surface area contributed by atoms with Crippen molar-refractivity contribution in [3.8, 4) is 0 Å². The quantitative estimate of drug-likeness (QED) is 0.826. The summed E-state index contributed by atoms with van der Waals surface area (Å²) in [5.74, 6) is 1.76. The van der Waals surface area contributed by atoms with Gasteiger partial charge in [0.05, 0.1) is 12.5 Å². The minimum Gasteiger partial charge on any atom is -0.339 e. The second-order valence-electron chi connectivity index (χ2n) is 6.52. The van der Waals surface area contributed by atoms with Crippen molar-refractivity contribution in [1.29, 1.82) is 0 Å². The van der Waals surface area contributed by atoms with Crippen LogP contribution in [0.1, 0.15) is 43.4 Å². The number of rotatable bonds is 4. The lowest BCUT2D eigenvalue weighted by Gasteiger charge is -2.46. The fourth-order valence-electron chi connectivity index (χ4n) is 3.88. The zero-order valence-electron chi connectivity index (χ0n) is 12.3. The Morgan fingerprint density at radius 3 is 2.62 bits per heavy atom. The maximum Gasteiger partial charge on any atom is 0.234 e. The second-order valence-corrected chi connectivity index (χ2v) is 6.52. The average molecular weight is 290 g/mol. The van der Waals surface area contributed by atoms with E-state index in [9.17, 15) is 4.79 Å². The summed E-state index contributed by atoms with van der Waals surface area (Å²) in [6.07, 6.45) is 4.74. The molecule has 21 heavy (non-hydrogen) atoms. The van der Waals surface area contributed by atoms with E-state index in [1.807, 2.05) is 0 Å². The van der Waals surface area contributed by atoms with E-state index in [0.717, 1.165) is 51.4 Å². The van der Waals surface area contributed by atoms with Gasteiger partial charge in [0.2, 0.25) is 5.89 Å². The van der Waals surface area contributed by atoms with Gasteiger partial charge in [-0.25, -0.2) is 0 Å². The summed E-state index contributed by atoms with van der Waals surface area (Å²) in [5, 5.41) is 4.13. The molecule has 1 unspecified atom stereocenters. The molecule has 1 aliphatic carbocycles. The molecule has 1 aromatic heterocycles. The zero-order chi connectivity index (χ0) is 14.2. The van der Waals surface area contributed by atoms with Gasteiger partial charge in [-0.3, -0.25) is 14.6 Å². The van der Waals surface area contributed by atoms with Crippen molar-refractivity contribution in [2.24, 2.45) is 5.92 Å². The molecular formula is C15H22N4O2. The van der Waals surface area contributed by atoms with Crippen molar-refractivity contribution >= 4 is 5.78 Å². The van der Waals surface area contributed by atoms with E-state index < -0.39 is 0 Å².